The molecule has 0 saturated heterocycles. The second kappa shape index (κ2) is 6.76. The van der Waals surface area contributed by atoms with E-state index >= 15 is 0 Å². The molecule has 0 radical (unpaired) electrons. The van der Waals surface area contributed by atoms with Crippen LogP contribution in [0.2, 0.25) is 0 Å². The molecule has 0 spiro atoms. The molecule has 0 aliphatic heterocycles. The maximum atomic E-state index is 12.9. The van der Waals surface area contributed by atoms with Crippen LogP contribution in [0, 0.1) is 11.3 Å². The lowest BCUT2D eigenvalue weighted by Gasteiger charge is -2.19. The number of rotatable bonds is 4. The molecule has 1 aromatic carbocycles. The van der Waals surface area contributed by atoms with E-state index in [2.05, 4.69) is 9.47 Å². The van der Waals surface area contributed by atoms with Gasteiger partial charge in [0.1, 0.15) is 5.75 Å². The molecule has 23 heavy (non-hydrogen) atoms. The molecule has 0 bridgehead atoms. The molecular formula is C13H9F6NO3. The Morgan fingerprint density at radius 2 is 1.83 bits per heavy atom. The molecule has 126 valence electrons. The van der Waals surface area contributed by atoms with Crippen LogP contribution < -0.4 is 4.74 Å². The highest BCUT2D eigenvalue weighted by Gasteiger charge is 2.41. The number of benzene rings is 1. The maximum absolute atomic E-state index is 12.9. The average molecular weight is 341 g/mol. The molecule has 0 aliphatic rings. The van der Waals surface area contributed by atoms with E-state index in [0.29, 0.717) is 6.07 Å². The van der Waals surface area contributed by atoms with Crippen LogP contribution in [0.5, 0.6) is 5.75 Å². The van der Waals surface area contributed by atoms with Crippen LogP contribution >= 0.6 is 0 Å². The zero-order valence-corrected chi connectivity index (χ0v) is 11.5. The zero-order valence-electron chi connectivity index (χ0n) is 11.5. The summed E-state index contributed by atoms with van der Waals surface area (Å²) in [5, 5.41) is 8.72. The highest BCUT2D eigenvalue weighted by Crippen LogP contribution is 2.41. The third-order valence-corrected chi connectivity index (χ3v) is 2.46. The average Bonchev–Trinajstić information content (AvgIpc) is 2.37. The van der Waals surface area contributed by atoms with E-state index in [1.54, 1.807) is 0 Å². The standard InChI is InChI=1S/C13H9F6NO3/c1-2-22-10(21)5-8-3-7(6-20)4-9(12(14,15)16)11(8)23-13(17,18)19/h3-4H,2,5H2,1H3. The van der Waals surface area contributed by atoms with Gasteiger partial charge in [-0.25, -0.2) is 0 Å². The number of hydrogen-bond acceptors (Lipinski definition) is 4. The molecular weight excluding hydrogens is 332 g/mol. The van der Waals surface area contributed by atoms with Crippen LogP contribution in [0.1, 0.15) is 23.6 Å². The van der Waals surface area contributed by atoms with Crippen molar-refractivity contribution in [2.24, 2.45) is 0 Å². The van der Waals surface area contributed by atoms with Crippen LogP contribution in [-0.4, -0.2) is 18.9 Å². The molecule has 1 rings (SSSR count). The number of nitriles is 1. The summed E-state index contributed by atoms with van der Waals surface area (Å²) in [7, 11) is 0. The molecule has 0 heterocycles. The van der Waals surface area contributed by atoms with Gasteiger partial charge in [-0.05, 0) is 19.1 Å². The Kier molecular flexibility index (Phi) is 5.47. The Morgan fingerprint density at radius 1 is 1.22 bits per heavy atom. The number of esters is 1. The van der Waals surface area contributed by atoms with Crippen molar-refractivity contribution in [3.63, 3.8) is 0 Å². The summed E-state index contributed by atoms with van der Waals surface area (Å²) < 4.78 is 83.9. The van der Waals surface area contributed by atoms with E-state index in [-0.39, 0.29) is 12.7 Å². The number of alkyl halides is 6. The summed E-state index contributed by atoms with van der Waals surface area (Å²) >= 11 is 0. The zero-order chi connectivity index (χ0) is 17.8. The number of halogens is 6. The molecule has 1 aromatic rings. The normalized spacial score (nSPS) is 11.7. The van der Waals surface area contributed by atoms with Crippen molar-refractivity contribution in [3.8, 4) is 11.8 Å². The van der Waals surface area contributed by atoms with Crippen molar-refractivity contribution in [3.05, 3.63) is 28.8 Å². The first-order valence-electron chi connectivity index (χ1n) is 6.03. The SMILES string of the molecule is CCOC(=O)Cc1cc(C#N)cc(C(F)(F)F)c1OC(F)(F)F. The first kappa shape index (κ1) is 18.6. The number of nitrogens with zero attached hydrogens (tertiary/aromatic N) is 1. The van der Waals surface area contributed by atoms with Crippen LogP contribution in [0.25, 0.3) is 0 Å². The minimum atomic E-state index is -5.41. The fourth-order valence-electron chi connectivity index (χ4n) is 1.70. The largest absolute Gasteiger partial charge is 0.573 e. The number of carbonyl (C=O) groups is 1. The lowest BCUT2D eigenvalue weighted by atomic mass is 10.0. The molecule has 0 aliphatic carbocycles. The smallest absolute Gasteiger partial charge is 0.466 e. The summed E-state index contributed by atoms with van der Waals surface area (Å²) in [6.07, 6.45) is -11.5. The lowest BCUT2D eigenvalue weighted by Crippen LogP contribution is -2.22. The summed E-state index contributed by atoms with van der Waals surface area (Å²) in [5.74, 6) is -2.63. The van der Waals surface area contributed by atoms with Gasteiger partial charge in [-0.2, -0.15) is 18.4 Å². The highest BCUT2D eigenvalue weighted by molar-refractivity contribution is 5.74. The van der Waals surface area contributed by atoms with Gasteiger partial charge in [0, 0.05) is 5.56 Å². The topological polar surface area (TPSA) is 59.3 Å². The number of ether oxygens (including phenoxy) is 2. The minimum absolute atomic E-state index is 0.113. The predicted octanol–water partition coefficient (Wildman–Crippen LogP) is 3.58. The van der Waals surface area contributed by atoms with Gasteiger partial charge in [0.05, 0.1) is 30.2 Å². The van der Waals surface area contributed by atoms with Gasteiger partial charge in [-0.15, -0.1) is 13.2 Å². The fourth-order valence-corrected chi connectivity index (χ4v) is 1.70. The highest BCUT2D eigenvalue weighted by atomic mass is 19.4. The molecule has 0 N–H and O–H groups in total. The summed E-state index contributed by atoms with van der Waals surface area (Å²) in [5.41, 5.74) is -3.11. The van der Waals surface area contributed by atoms with Crippen molar-refractivity contribution in [2.45, 2.75) is 25.9 Å². The second-order valence-electron chi connectivity index (χ2n) is 4.15. The van der Waals surface area contributed by atoms with E-state index in [4.69, 9.17) is 5.26 Å². The first-order valence-corrected chi connectivity index (χ1v) is 6.03. The quantitative estimate of drug-likeness (QED) is 0.620. The Labute approximate surface area is 126 Å². The third-order valence-electron chi connectivity index (χ3n) is 2.46. The Morgan fingerprint density at radius 3 is 2.26 bits per heavy atom. The Bertz CT molecular complexity index is 630. The van der Waals surface area contributed by atoms with E-state index in [1.165, 1.54) is 13.0 Å². The number of hydrogen-bond donors (Lipinski definition) is 0. The van der Waals surface area contributed by atoms with Crippen molar-refractivity contribution < 1.29 is 40.6 Å². The molecule has 0 atom stereocenters. The monoisotopic (exact) mass is 341 g/mol. The predicted molar refractivity (Wildman–Crippen MR) is 63.2 cm³/mol. The van der Waals surface area contributed by atoms with Crippen molar-refractivity contribution in [2.75, 3.05) is 6.61 Å². The Hall–Kier alpha value is -2.44. The van der Waals surface area contributed by atoms with Gasteiger partial charge < -0.3 is 9.47 Å². The van der Waals surface area contributed by atoms with Gasteiger partial charge in [0.2, 0.25) is 0 Å². The minimum Gasteiger partial charge on any atom is -0.466 e. The molecule has 0 amide bonds. The van der Waals surface area contributed by atoms with Crippen LogP contribution in [0.4, 0.5) is 26.3 Å². The van der Waals surface area contributed by atoms with Crippen LogP contribution in [0.15, 0.2) is 12.1 Å². The first-order chi connectivity index (χ1) is 10.5. The second-order valence-corrected chi connectivity index (χ2v) is 4.15. The molecule has 0 fully saturated rings. The summed E-state index contributed by atoms with van der Waals surface area (Å²) in [4.78, 5) is 11.4. The summed E-state index contributed by atoms with van der Waals surface area (Å²) in [6.45, 7) is 1.30. The third kappa shape index (κ3) is 5.36. The van der Waals surface area contributed by atoms with Crippen LogP contribution in [-0.2, 0) is 22.1 Å². The van der Waals surface area contributed by atoms with E-state index in [0.717, 1.165) is 0 Å². The Balaban J connectivity index is 3.50. The molecule has 0 unspecified atom stereocenters. The van der Waals surface area contributed by atoms with Gasteiger partial charge in [-0.3, -0.25) is 4.79 Å². The van der Waals surface area contributed by atoms with Crippen molar-refractivity contribution in [1.82, 2.24) is 0 Å². The van der Waals surface area contributed by atoms with Gasteiger partial charge in [0.25, 0.3) is 0 Å². The van der Waals surface area contributed by atoms with E-state index in [9.17, 15) is 31.1 Å². The van der Waals surface area contributed by atoms with Gasteiger partial charge in [-0.1, -0.05) is 0 Å². The van der Waals surface area contributed by atoms with Crippen molar-refractivity contribution in [1.29, 1.82) is 5.26 Å². The maximum Gasteiger partial charge on any atom is 0.573 e. The molecule has 10 heteroatoms. The van der Waals surface area contributed by atoms with E-state index in [1.807, 2.05) is 0 Å². The molecule has 4 nitrogen and oxygen atoms in total. The molecule has 0 aromatic heterocycles. The van der Waals surface area contributed by atoms with Gasteiger partial charge in [0.15, 0.2) is 0 Å². The van der Waals surface area contributed by atoms with Crippen LogP contribution in [0.3, 0.4) is 0 Å². The molecule has 0 saturated carbocycles. The number of carbonyl (C=O) groups excluding carboxylic acids is 1. The van der Waals surface area contributed by atoms with Gasteiger partial charge >= 0.3 is 18.5 Å². The van der Waals surface area contributed by atoms with E-state index < -0.39 is 47.4 Å². The lowest BCUT2D eigenvalue weighted by molar-refractivity contribution is -0.276. The van der Waals surface area contributed by atoms with Crippen molar-refractivity contribution >= 4 is 5.97 Å². The summed E-state index contributed by atoms with van der Waals surface area (Å²) in [6, 6.07) is 2.32. The fraction of sp³-hybridized carbons (Fsp3) is 0.385.